The fourth-order valence-electron chi connectivity index (χ4n) is 3.36. The molecule has 0 radical (unpaired) electrons. The molecule has 1 saturated heterocycles. The lowest BCUT2D eigenvalue weighted by Gasteiger charge is -2.35. The van der Waals surface area contributed by atoms with Crippen molar-refractivity contribution >= 4 is 22.9 Å². The van der Waals surface area contributed by atoms with Crippen molar-refractivity contribution in [3.63, 3.8) is 0 Å². The molecular formula is C18H21ClN2O2S. The zero-order chi connectivity index (χ0) is 16.4. The van der Waals surface area contributed by atoms with Crippen LogP contribution >= 0.6 is 22.9 Å². The Labute approximate surface area is 151 Å². The predicted molar refractivity (Wildman–Crippen MR) is 96.6 cm³/mol. The summed E-state index contributed by atoms with van der Waals surface area (Å²) in [7, 11) is 0. The van der Waals surface area contributed by atoms with Crippen LogP contribution in [0.15, 0.2) is 29.0 Å². The largest absolute Gasteiger partial charge is 0.467 e. The van der Waals surface area contributed by atoms with Gasteiger partial charge in [-0.05, 0) is 34.5 Å². The predicted octanol–water partition coefficient (Wildman–Crippen LogP) is 3.59. The van der Waals surface area contributed by atoms with Gasteiger partial charge >= 0.3 is 0 Å². The number of hydrogen-bond acceptors (Lipinski definition) is 5. The van der Waals surface area contributed by atoms with E-state index in [0.29, 0.717) is 13.4 Å². The van der Waals surface area contributed by atoms with E-state index in [0.717, 1.165) is 55.6 Å². The van der Waals surface area contributed by atoms with Gasteiger partial charge in [0.05, 0.1) is 6.61 Å². The zero-order valence-electron chi connectivity index (χ0n) is 13.5. The average Bonchev–Trinajstić information content (AvgIpc) is 3.09. The highest BCUT2D eigenvalue weighted by atomic mass is 35.5. The van der Waals surface area contributed by atoms with Crippen molar-refractivity contribution < 1.29 is 9.47 Å². The first kappa shape index (κ1) is 16.4. The molecule has 0 N–H and O–H groups in total. The van der Waals surface area contributed by atoms with E-state index in [1.807, 2.05) is 12.1 Å². The van der Waals surface area contributed by atoms with Crippen molar-refractivity contribution in [2.75, 3.05) is 33.0 Å². The second-order valence-corrected chi connectivity index (χ2v) is 7.56. The highest BCUT2D eigenvalue weighted by Crippen LogP contribution is 2.32. The van der Waals surface area contributed by atoms with Crippen molar-refractivity contribution in [1.29, 1.82) is 0 Å². The molecule has 0 atom stereocenters. The second-order valence-electron chi connectivity index (χ2n) is 6.35. The van der Waals surface area contributed by atoms with Crippen LogP contribution in [0.4, 0.5) is 0 Å². The molecule has 3 heterocycles. The Bertz CT molecular complexity index is 685. The Hall–Kier alpha value is -1.11. The minimum Gasteiger partial charge on any atom is -0.467 e. The van der Waals surface area contributed by atoms with E-state index in [-0.39, 0.29) is 0 Å². The van der Waals surface area contributed by atoms with Crippen molar-refractivity contribution in [2.24, 2.45) is 0 Å². The van der Waals surface area contributed by atoms with Gasteiger partial charge in [0.2, 0.25) is 0 Å². The number of thiophene rings is 1. The van der Waals surface area contributed by atoms with E-state index in [1.165, 1.54) is 11.1 Å². The first-order chi connectivity index (χ1) is 11.8. The van der Waals surface area contributed by atoms with E-state index in [2.05, 4.69) is 26.6 Å². The van der Waals surface area contributed by atoms with Gasteiger partial charge in [-0.1, -0.05) is 11.6 Å². The lowest BCUT2D eigenvalue weighted by Crippen LogP contribution is -2.45. The summed E-state index contributed by atoms with van der Waals surface area (Å²) in [4.78, 5) is 5.01. The van der Waals surface area contributed by atoms with Crippen molar-refractivity contribution in [2.45, 2.75) is 19.7 Å². The molecule has 4 nitrogen and oxygen atoms in total. The molecule has 0 spiro atoms. The van der Waals surface area contributed by atoms with E-state index in [1.54, 1.807) is 11.3 Å². The number of benzene rings is 1. The molecule has 1 aromatic carbocycles. The molecule has 1 fully saturated rings. The maximum Gasteiger partial charge on any atom is 0.189 e. The van der Waals surface area contributed by atoms with Gasteiger partial charge in [-0.25, -0.2) is 0 Å². The highest BCUT2D eigenvalue weighted by Gasteiger charge is 2.21. The molecule has 0 unspecified atom stereocenters. The van der Waals surface area contributed by atoms with Crippen LogP contribution in [0.2, 0.25) is 5.02 Å². The maximum atomic E-state index is 6.27. The number of fused-ring (bicyclic) bond motifs is 1. The van der Waals surface area contributed by atoms with Crippen LogP contribution in [0.5, 0.6) is 5.75 Å². The van der Waals surface area contributed by atoms with E-state index in [9.17, 15) is 0 Å². The molecule has 0 aliphatic carbocycles. The molecule has 2 aliphatic heterocycles. The van der Waals surface area contributed by atoms with Crippen LogP contribution in [0, 0.1) is 0 Å². The molecule has 0 bridgehead atoms. The van der Waals surface area contributed by atoms with Crippen molar-refractivity contribution in [3.8, 4) is 5.75 Å². The van der Waals surface area contributed by atoms with Gasteiger partial charge in [-0.2, -0.15) is 11.3 Å². The lowest BCUT2D eigenvalue weighted by atomic mass is 10.1. The van der Waals surface area contributed by atoms with Crippen LogP contribution in [-0.2, 0) is 24.4 Å². The summed E-state index contributed by atoms with van der Waals surface area (Å²) in [6, 6.07) is 6.19. The van der Waals surface area contributed by atoms with Gasteiger partial charge in [-0.15, -0.1) is 0 Å². The molecule has 4 rings (SSSR count). The maximum absolute atomic E-state index is 6.27. The van der Waals surface area contributed by atoms with Gasteiger partial charge in [0.25, 0.3) is 0 Å². The molecule has 0 saturated carbocycles. The lowest BCUT2D eigenvalue weighted by molar-refractivity contribution is -0.0176. The molecule has 2 aromatic rings. The summed E-state index contributed by atoms with van der Waals surface area (Å²) >= 11 is 8.04. The summed E-state index contributed by atoms with van der Waals surface area (Å²) < 4.78 is 11.1. The van der Waals surface area contributed by atoms with Crippen molar-refractivity contribution in [3.05, 3.63) is 50.7 Å². The Balaban J connectivity index is 1.38. The smallest absolute Gasteiger partial charge is 0.189 e. The Kier molecular flexibility index (Phi) is 5.06. The molecule has 128 valence electrons. The molecule has 2 aliphatic rings. The minimum absolute atomic E-state index is 0.329. The van der Waals surface area contributed by atoms with E-state index in [4.69, 9.17) is 21.1 Å². The van der Waals surface area contributed by atoms with Crippen LogP contribution in [-0.4, -0.2) is 42.8 Å². The summed E-state index contributed by atoms with van der Waals surface area (Å²) in [6.45, 7) is 7.20. The molecule has 24 heavy (non-hydrogen) atoms. The average molecular weight is 365 g/mol. The Morgan fingerprint density at radius 1 is 1.08 bits per heavy atom. The Morgan fingerprint density at radius 3 is 2.62 bits per heavy atom. The summed E-state index contributed by atoms with van der Waals surface area (Å²) in [5, 5.41) is 5.15. The second kappa shape index (κ2) is 7.42. The molecule has 6 heteroatoms. The number of ether oxygens (including phenoxy) is 2. The third-order valence-electron chi connectivity index (χ3n) is 4.60. The third kappa shape index (κ3) is 3.76. The van der Waals surface area contributed by atoms with Crippen LogP contribution < -0.4 is 4.74 Å². The van der Waals surface area contributed by atoms with Gasteiger partial charge in [0.1, 0.15) is 5.75 Å². The summed E-state index contributed by atoms with van der Waals surface area (Å²) in [5.41, 5.74) is 3.65. The minimum atomic E-state index is 0.329. The van der Waals surface area contributed by atoms with Crippen LogP contribution in [0.1, 0.15) is 16.7 Å². The fraction of sp³-hybridized carbons (Fsp3) is 0.444. The number of piperazine rings is 1. The topological polar surface area (TPSA) is 24.9 Å². The van der Waals surface area contributed by atoms with Crippen LogP contribution in [0.25, 0.3) is 0 Å². The quantitative estimate of drug-likeness (QED) is 0.827. The first-order valence-electron chi connectivity index (χ1n) is 8.25. The number of halogens is 1. The summed E-state index contributed by atoms with van der Waals surface area (Å²) in [5.74, 6) is 0.964. The standard InChI is InChI=1S/C18H21ClN2O2S/c19-17-7-15(18-16(8-17)11-22-13-23-18)10-21-4-2-20(3-5-21)9-14-1-6-24-12-14/h1,6-8,12H,2-5,9-11,13H2. The molecule has 0 amide bonds. The summed E-state index contributed by atoms with van der Waals surface area (Å²) in [6.07, 6.45) is 0. The molecule has 1 aromatic heterocycles. The van der Waals surface area contributed by atoms with Crippen LogP contribution in [0.3, 0.4) is 0 Å². The Morgan fingerprint density at radius 2 is 1.88 bits per heavy atom. The van der Waals surface area contributed by atoms with Crippen molar-refractivity contribution in [1.82, 2.24) is 9.80 Å². The zero-order valence-corrected chi connectivity index (χ0v) is 15.1. The fourth-order valence-corrected chi connectivity index (χ4v) is 4.28. The number of nitrogens with zero attached hydrogens (tertiary/aromatic N) is 2. The monoisotopic (exact) mass is 364 g/mol. The normalized spacial score (nSPS) is 19.0. The number of rotatable bonds is 4. The SMILES string of the molecule is Clc1cc2c(c(CN3CCN(Cc4ccsc4)CC3)c1)OCOC2. The number of hydrogen-bond donors (Lipinski definition) is 0. The van der Waals surface area contributed by atoms with Gasteiger partial charge in [0.15, 0.2) is 6.79 Å². The van der Waals surface area contributed by atoms with E-state index >= 15 is 0 Å². The highest BCUT2D eigenvalue weighted by molar-refractivity contribution is 7.07. The first-order valence-corrected chi connectivity index (χ1v) is 9.57. The third-order valence-corrected chi connectivity index (χ3v) is 5.55. The van der Waals surface area contributed by atoms with Gasteiger partial charge in [0, 0.05) is 55.4 Å². The van der Waals surface area contributed by atoms with Gasteiger partial charge in [-0.3, -0.25) is 9.80 Å². The molecular weight excluding hydrogens is 344 g/mol. The van der Waals surface area contributed by atoms with Gasteiger partial charge < -0.3 is 9.47 Å². The van der Waals surface area contributed by atoms with E-state index < -0.39 is 0 Å².